The molecule has 1 aromatic carbocycles. The van der Waals surface area contributed by atoms with Crippen LogP contribution in [0.25, 0.3) is 0 Å². The number of hydrogen-bond acceptors (Lipinski definition) is 5. The van der Waals surface area contributed by atoms with Gasteiger partial charge >= 0.3 is 5.69 Å². The van der Waals surface area contributed by atoms with Crippen molar-refractivity contribution in [3.05, 3.63) is 34.9 Å². The lowest BCUT2D eigenvalue weighted by Gasteiger charge is -2.21. The van der Waals surface area contributed by atoms with Crippen molar-refractivity contribution in [1.82, 2.24) is 9.55 Å². The van der Waals surface area contributed by atoms with Crippen molar-refractivity contribution in [3.63, 3.8) is 0 Å². The van der Waals surface area contributed by atoms with Crippen LogP contribution in [0.5, 0.6) is 11.5 Å². The van der Waals surface area contributed by atoms with Crippen LogP contribution >= 0.6 is 0 Å². The molecule has 3 rings (SSSR count). The van der Waals surface area contributed by atoms with Crippen molar-refractivity contribution in [2.75, 3.05) is 11.1 Å². The fourth-order valence-corrected chi connectivity index (χ4v) is 1.69. The first-order valence-electron chi connectivity index (χ1n) is 5.06. The first-order valence-corrected chi connectivity index (χ1v) is 5.06. The van der Waals surface area contributed by atoms with Gasteiger partial charge in [0.2, 0.25) is 0 Å². The van der Waals surface area contributed by atoms with Gasteiger partial charge < -0.3 is 15.8 Å². The van der Waals surface area contributed by atoms with Gasteiger partial charge in [-0.1, -0.05) is 6.07 Å². The highest BCUT2D eigenvalue weighted by molar-refractivity contribution is 5.81. The number of nitrogen functional groups attached to an aromatic ring is 1. The maximum absolute atomic E-state index is 11.4. The summed E-state index contributed by atoms with van der Waals surface area (Å²) < 4.78 is 6.99. The summed E-state index contributed by atoms with van der Waals surface area (Å²) in [6, 6.07) is 5.35. The van der Waals surface area contributed by atoms with Gasteiger partial charge in [0.1, 0.15) is 5.69 Å². The molecule has 0 saturated carbocycles. The average molecular weight is 230 g/mol. The maximum atomic E-state index is 11.4. The third-order valence-corrected chi connectivity index (χ3v) is 2.58. The molecule has 0 aliphatic carbocycles. The maximum Gasteiger partial charge on any atom is 0.349 e. The molecule has 0 fully saturated rings. The zero-order valence-corrected chi connectivity index (χ0v) is 9.10. The molecule has 1 aromatic heterocycles. The molecule has 0 spiro atoms. The first-order chi connectivity index (χ1) is 8.15. The third kappa shape index (κ3) is 1.42. The number of ether oxygens (including phenoxy) is 1. The zero-order valence-electron chi connectivity index (χ0n) is 9.10. The van der Waals surface area contributed by atoms with Gasteiger partial charge in [-0.05, 0) is 12.1 Å². The minimum absolute atomic E-state index is 0.349. The second kappa shape index (κ2) is 3.24. The monoisotopic (exact) mass is 230 g/mol. The Balaban J connectivity index is 2.17. The summed E-state index contributed by atoms with van der Waals surface area (Å²) in [5.74, 6) is 1.52. The molecular formula is C11H10N4O2. The molecule has 0 radical (unpaired) electrons. The number of nitrogens with zero attached hydrogens (tertiary/aromatic N) is 2. The molecule has 6 nitrogen and oxygen atoms in total. The summed E-state index contributed by atoms with van der Waals surface area (Å²) in [6.07, 6.45) is 1.59. The quantitative estimate of drug-likeness (QED) is 0.567. The van der Waals surface area contributed by atoms with Gasteiger partial charge in [-0.3, -0.25) is 4.57 Å². The Hall–Kier alpha value is -2.50. The Labute approximate surface area is 96.7 Å². The molecule has 0 atom stereocenters. The van der Waals surface area contributed by atoms with Gasteiger partial charge in [0.25, 0.3) is 0 Å². The van der Waals surface area contributed by atoms with Crippen molar-refractivity contribution < 1.29 is 4.74 Å². The van der Waals surface area contributed by atoms with Crippen LogP contribution in [0, 0.1) is 0 Å². The summed E-state index contributed by atoms with van der Waals surface area (Å²) >= 11 is 0. The zero-order chi connectivity index (χ0) is 12.0. The van der Waals surface area contributed by atoms with E-state index in [-0.39, 0.29) is 5.69 Å². The topological polar surface area (TPSA) is 82.2 Å². The van der Waals surface area contributed by atoms with Gasteiger partial charge in [-0.2, -0.15) is 4.98 Å². The number of aryl methyl sites for hydroxylation is 1. The van der Waals surface area contributed by atoms with Gasteiger partial charge in [0.05, 0.1) is 11.9 Å². The van der Waals surface area contributed by atoms with E-state index in [0.29, 0.717) is 28.7 Å². The average Bonchev–Trinajstić information content (AvgIpc) is 2.29. The van der Waals surface area contributed by atoms with Crippen LogP contribution in [0.2, 0.25) is 0 Å². The molecule has 2 aromatic rings. The number of nitrogens with two attached hydrogens (primary N) is 1. The van der Waals surface area contributed by atoms with Crippen LogP contribution in [0.1, 0.15) is 0 Å². The second-order valence-corrected chi connectivity index (χ2v) is 3.79. The summed E-state index contributed by atoms with van der Waals surface area (Å²) in [6.45, 7) is 0. The number of aromatic nitrogens is 2. The number of rotatable bonds is 0. The van der Waals surface area contributed by atoms with Crippen LogP contribution in [0.4, 0.5) is 17.2 Å². The molecule has 1 aliphatic heterocycles. The number of nitrogens with one attached hydrogen (secondary N) is 1. The van der Waals surface area contributed by atoms with Crippen molar-refractivity contribution in [1.29, 1.82) is 0 Å². The van der Waals surface area contributed by atoms with Crippen LogP contribution in [0.15, 0.2) is 29.2 Å². The van der Waals surface area contributed by atoms with E-state index in [4.69, 9.17) is 10.5 Å². The highest BCUT2D eigenvalue weighted by atomic mass is 16.5. The van der Waals surface area contributed by atoms with E-state index in [9.17, 15) is 4.79 Å². The second-order valence-electron chi connectivity index (χ2n) is 3.79. The van der Waals surface area contributed by atoms with Crippen molar-refractivity contribution >= 4 is 17.2 Å². The molecule has 2 heterocycles. The fourth-order valence-electron chi connectivity index (χ4n) is 1.69. The van der Waals surface area contributed by atoms with Crippen LogP contribution in [-0.2, 0) is 7.05 Å². The number of anilines is 3. The highest BCUT2D eigenvalue weighted by Crippen LogP contribution is 2.42. The molecule has 1 aliphatic rings. The molecule has 6 heteroatoms. The lowest BCUT2D eigenvalue weighted by molar-refractivity contribution is 0.470. The first kappa shape index (κ1) is 9.71. The van der Waals surface area contributed by atoms with E-state index in [1.165, 1.54) is 4.57 Å². The number of benzene rings is 1. The summed E-state index contributed by atoms with van der Waals surface area (Å²) in [4.78, 5) is 15.3. The van der Waals surface area contributed by atoms with Gasteiger partial charge in [-0.25, -0.2) is 4.79 Å². The standard InChI is InChI=1S/C11H10N4O2/c1-15-5-8-10(14-11(15)16)13-9-6(12)3-2-4-7(9)17-8/h2-5H,12H2,1H3,(H,13,14,16). The number of para-hydroxylation sites is 1. The van der Waals surface area contributed by atoms with Crippen LogP contribution < -0.4 is 21.5 Å². The Morgan fingerprint density at radius 1 is 1.41 bits per heavy atom. The SMILES string of the molecule is Cn1cc2c(nc1=O)Nc1c(N)cccc1O2. The third-order valence-electron chi connectivity index (χ3n) is 2.58. The highest BCUT2D eigenvalue weighted by Gasteiger charge is 2.20. The van der Waals surface area contributed by atoms with Crippen LogP contribution in [0.3, 0.4) is 0 Å². The molecule has 0 amide bonds. The van der Waals surface area contributed by atoms with Crippen LogP contribution in [-0.4, -0.2) is 9.55 Å². The molecule has 0 unspecified atom stereocenters. The molecule has 0 saturated heterocycles. The molecule has 17 heavy (non-hydrogen) atoms. The summed E-state index contributed by atoms with van der Waals surface area (Å²) in [5.41, 5.74) is 6.65. The molecular weight excluding hydrogens is 220 g/mol. The van der Waals surface area contributed by atoms with E-state index in [0.717, 1.165) is 0 Å². The Kier molecular flexibility index (Phi) is 1.85. The molecule has 3 N–H and O–H groups in total. The van der Waals surface area contributed by atoms with Gasteiger partial charge in [-0.15, -0.1) is 0 Å². The summed E-state index contributed by atoms with van der Waals surface area (Å²) in [5, 5.41) is 3.00. The minimum atomic E-state index is -0.349. The summed E-state index contributed by atoms with van der Waals surface area (Å²) in [7, 11) is 1.62. The smallest absolute Gasteiger partial charge is 0.349 e. The van der Waals surface area contributed by atoms with Crippen molar-refractivity contribution in [3.8, 4) is 11.5 Å². The van der Waals surface area contributed by atoms with Crippen molar-refractivity contribution in [2.45, 2.75) is 0 Å². The number of hydrogen-bond donors (Lipinski definition) is 2. The molecule has 86 valence electrons. The predicted octanol–water partition coefficient (Wildman–Crippen LogP) is 1.21. The van der Waals surface area contributed by atoms with Gasteiger partial charge in [0, 0.05) is 7.05 Å². The Morgan fingerprint density at radius 3 is 3.06 bits per heavy atom. The van der Waals surface area contributed by atoms with E-state index in [1.807, 2.05) is 0 Å². The predicted molar refractivity (Wildman–Crippen MR) is 63.7 cm³/mol. The lowest BCUT2D eigenvalue weighted by Crippen LogP contribution is -2.22. The van der Waals surface area contributed by atoms with E-state index in [1.54, 1.807) is 31.4 Å². The van der Waals surface area contributed by atoms with E-state index < -0.39 is 0 Å². The largest absolute Gasteiger partial charge is 0.450 e. The lowest BCUT2D eigenvalue weighted by atomic mass is 10.2. The van der Waals surface area contributed by atoms with E-state index in [2.05, 4.69) is 10.3 Å². The van der Waals surface area contributed by atoms with Crippen molar-refractivity contribution in [2.24, 2.45) is 7.05 Å². The molecule has 0 bridgehead atoms. The Morgan fingerprint density at radius 2 is 2.24 bits per heavy atom. The van der Waals surface area contributed by atoms with Gasteiger partial charge in [0.15, 0.2) is 17.3 Å². The van der Waals surface area contributed by atoms with E-state index >= 15 is 0 Å². The Bertz CT molecular complexity index is 663. The fraction of sp³-hybridized carbons (Fsp3) is 0.0909. The number of fused-ring (bicyclic) bond motifs is 2. The minimum Gasteiger partial charge on any atom is -0.450 e. The normalized spacial score (nSPS) is 12.1.